The number of rotatable bonds is 7. The molecule has 3 rings (SSSR count). The minimum absolute atomic E-state index is 0.0603. The number of ether oxygens (including phenoxy) is 1. The fourth-order valence-corrected chi connectivity index (χ4v) is 3.51. The highest BCUT2D eigenvalue weighted by molar-refractivity contribution is 5.20. The second-order valence-corrected chi connectivity index (χ2v) is 6.75. The highest BCUT2D eigenvalue weighted by atomic mass is 16.5. The molecule has 24 heavy (non-hydrogen) atoms. The molecule has 1 unspecified atom stereocenters. The van der Waals surface area contributed by atoms with E-state index in [0.29, 0.717) is 6.61 Å². The lowest BCUT2D eigenvalue weighted by atomic mass is 9.78. The lowest BCUT2D eigenvalue weighted by molar-refractivity contribution is 0.0128. The van der Waals surface area contributed by atoms with Gasteiger partial charge in [-0.05, 0) is 49.6 Å². The number of benzene rings is 1. The third-order valence-electron chi connectivity index (χ3n) is 4.85. The summed E-state index contributed by atoms with van der Waals surface area (Å²) in [5, 5.41) is 10.0. The maximum atomic E-state index is 10.0. The lowest BCUT2D eigenvalue weighted by Crippen LogP contribution is -2.45. The van der Waals surface area contributed by atoms with Gasteiger partial charge in [0.25, 0.3) is 0 Å². The Bertz CT molecular complexity index is 606. The van der Waals surface area contributed by atoms with Gasteiger partial charge in [0.05, 0.1) is 13.2 Å². The van der Waals surface area contributed by atoms with Crippen molar-refractivity contribution in [3.05, 3.63) is 60.4 Å². The Morgan fingerprint density at radius 1 is 1.17 bits per heavy atom. The van der Waals surface area contributed by atoms with Crippen LogP contribution in [-0.4, -0.2) is 41.3 Å². The molecule has 2 aromatic rings. The summed E-state index contributed by atoms with van der Waals surface area (Å²) in [4.78, 5) is 6.62. The van der Waals surface area contributed by atoms with Crippen molar-refractivity contribution in [1.29, 1.82) is 0 Å². The molecule has 0 saturated carbocycles. The van der Waals surface area contributed by atoms with E-state index < -0.39 is 0 Å². The molecule has 1 atom stereocenters. The molecule has 0 radical (unpaired) electrons. The highest BCUT2D eigenvalue weighted by Crippen LogP contribution is 2.33. The average Bonchev–Trinajstić information content (AvgIpc) is 2.64. The number of pyridine rings is 1. The van der Waals surface area contributed by atoms with Crippen molar-refractivity contribution in [1.82, 2.24) is 9.88 Å². The van der Waals surface area contributed by atoms with Crippen LogP contribution in [0.5, 0.6) is 5.75 Å². The zero-order valence-electron chi connectivity index (χ0n) is 14.1. The molecule has 1 aliphatic heterocycles. The predicted molar refractivity (Wildman–Crippen MR) is 94.8 cm³/mol. The standard InChI is InChI=1S/C20H26N2O2/c23-17-20(10-13-24-19-7-2-1-3-8-19)9-5-12-22(16-20)15-18-6-4-11-21-14-18/h1-4,6-8,11,14,23H,5,9-10,12-13,15-17H2. The molecular weight excluding hydrogens is 300 g/mol. The zero-order valence-corrected chi connectivity index (χ0v) is 14.1. The SMILES string of the molecule is OCC1(CCOc2ccccc2)CCCN(Cc2cccnc2)C1. The van der Waals surface area contributed by atoms with E-state index in [-0.39, 0.29) is 12.0 Å². The van der Waals surface area contributed by atoms with Gasteiger partial charge in [-0.2, -0.15) is 0 Å². The molecule has 1 aromatic carbocycles. The van der Waals surface area contributed by atoms with Crippen molar-refractivity contribution in [2.75, 3.05) is 26.3 Å². The Kier molecular flexibility index (Phi) is 5.83. The molecule has 0 aliphatic carbocycles. The molecule has 1 fully saturated rings. The molecule has 128 valence electrons. The van der Waals surface area contributed by atoms with Crippen molar-refractivity contribution < 1.29 is 9.84 Å². The first-order chi connectivity index (χ1) is 11.8. The van der Waals surface area contributed by atoms with E-state index in [0.717, 1.165) is 44.6 Å². The van der Waals surface area contributed by atoms with Gasteiger partial charge < -0.3 is 9.84 Å². The van der Waals surface area contributed by atoms with Crippen molar-refractivity contribution in [3.8, 4) is 5.75 Å². The number of hydrogen-bond donors (Lipinski definition) is 1. The second kappa shape index (κ2) is 8.27. The van der Waals surface area contributed by atoms with Crippen molar-refractivity contribution in [2.24, 2.45) is 5.41 Å². The minimum Gasteiger partial charge on any atom is -0.494 e. The van der Waals surface area contributed by atoms with Crippen LogP contribution in [0.3, 0.4) is 0 Å². The smallest absolute Gasteiger partial charge is 0.119 e. The largest absolute Gasteiger partial charge is 0.494 e. The summed E-state index contributed by atoms with van der Waals surface area (Å²) in [6, 6.07) is 14.0. The summed E-state index contributed by atoms with van der Waals surface area (Å²) in [7, 11) is 0. The van der Waals surface area contributed by atoms with Crippen LogP contribution < -0.4 is 4.74 Å². The molecule has 0 amide bonds. The van der Waals surface area contributed by atoms with Crippen molar-refractivity contribution in [2.45, 2.75) is 25.8 Å². The van der Waals surface area contributed by atoms with Crippen LogP contribution in [0.1, 0.15) is 24.8 Å². The maximum absolute atomic E-state index is 10.0. The summed E-state index contributed by atoms with van der Waals surface area (Å²) in [5.41, 5.74) is 1.17. The predicted octanol–water partition coefficient (Wildman–Crippen LogP) is 3.13. The quantitative estimate of drug-likeness (QED) is 0.849. The number of aromatic nitrogens is 1. The number of aliphatic hydroxyl groups is 1. The van der Waals surface area contributed by atoms with Crippen LogP contribution in [0.2, 0.25) is 0 Å². The first kappa shape index (κ1) is 16.9. The second-order valence-electron chi connectivity index (χ2n) is 6.75. The van der Waals surface area contributed by atoms with Crippen molar-refractivity contribution >= 4 is 0 Å². The summed E-state index contributed by atoms with van der Waals surface area (Å²) in [6.07, 6.45) is 6.78. The number of aliphatic hydroxyl groups excluding tert-OH is 1. The molecule has 2 heterocycles. The van der Waals surface area contributed by atoms with E-state index in [1.54, 1.807) is 6.20 Å². The minimum atomic E-state index is -0.0603. The van der Waals surface area contributed by atoms with Crippen LogP contribution in [0, 0.1) is 5.41 Å². The van der Waals surface area contributed by atoms with Crippen LogP contribution in [0.15, 0.2) is 54.9 Å². The van der Waals surface area contributed by atoms with Gasteiger partial charge in [-0.3, -0.25) is 9.88 Å². The average molecular weight is 326 g/mol. The van der Waals surface area contributed by atoms with Gasteiger partial charge in [0.1, 0.15) is 5.75 Å². The highest BCUT2D eigenvalue weighted by Gasteiger charge is 2.34. The number of para-hydroxylation sites is 1. The molecule has 1 aliphatic rings. The molecule has 4 nitrogen and oxygen atoms in total. The van der Waals surface area contributed by atoms with E-state index in [2.05, 4.69) is 16.0 Å². The molecular formula is C20H26N2O2. The summed E-state index contributed by atoms with van der Waals surface area (Å²) in [5.74, 6) is 0.897. The van der Waals surface area contributed by atoms with E-state index in [1.807, 2.05) is 42.6 Å². The monoisotopic (exact) mass is 326 g/mol. The number of piperidine rings is 1. The summed E-state index contributed by atoms with van der Waals surface area (Å²) >= 11 is 0. The van der Waals surface area contributed by atoms with E-state index in [1.165, 1.54) is 5.56 Å². The Labute approximate surface area is 144 Å². The zero-order chi connectivity index (χ0) is 16.7. The van der Waals surface area contributed by atoms with E-state index >= 15 is 0 Å². The molecule has 0 bridgehead atoms. The molecule has 1 saturated heterocycles. The van der Waals surface area contributed by atoms with Crippen molar-refractivity contribution in [3.63, 3.8) is 0 Å². The topological polar surface area (TPSA) is 45.6 Å². The Morgan fingerprint density at radius 2 is 2.04 bits per heavy atom. The number of likely N-dealkylation sites (tertiary alicyclic amines) is 1. The Balaban J connectivity index is 1.55. The van der Waals surface area contributed by atoms with E-state index in [9.17, 15) is 5.11 Å². The van der Waals surface area contributed by atoms with Gasteiger partial charge >= 0.3 is 0 Å². The van der Waals surface area contributed by atoms with Gasteiger partial charge in [0.2, 0.25) is 0 Å². The normalized spacial score (nSPS) is 21.5. The summed E-state index contributed by atoms with van der Waals surface area (Å²) < 4.78 is 5.85. The van der Waals surface area contributed by atoms with Gasteiger partial charge in [-0.1, -0.05) is 24.3 Å². The van der Waals surface area contributed by atoms with Crippen LogP contribution >= 0.6 is 0 Å². The third-order valence-corrected chi connectivity index (χ3v) is 4.85. The fraction of sp³-hybridized carbons (Fsp3) is 0.450. The summed E-state index contributed by atoms with van der Waals surface area (Å²) in [6.45, 7) is 3.75. The molecule has 1 aromatic heterocycles. The number of hydrogen-bond acceptors (Lipinski definition) is 4. The first-order valence-electron chi connectivity index (χ1n) is 8.70. The van der Waals surface area contributed by atoms with Crippen LogP contribution in [0.25, 0.3) is 0 Å². The van der Waals surface area contributed by atoms with Crippen LogP contribution in [-0.2, 0) is 6.54 Å². The Morgan fingerprint density at radius 3 is 2.79 bits per heavy atom. The molecule has 1 N–H and O–H groups in total. The molecule has 0 spiro atoms. The third kappa shape index (κ3) is 4.56. The lowest BCUT2D eigenvalue weighted by Gasteiger charge is -2.42. The van der Waals surface area contributed by atoms with Gasteiger partial charge in [0.15, 0.2) is 0 Å². The fourth-order valence-electron chi connectivity index (χ4n) is 3.51. The molecule has 4 heteroatoms. The van der Waals surface area contributed by atoms with E-state index in [4.69, 9.17) is 4.74 Å². The van der Waals surface area contributed by atoms with Crippen LogP contribution in [0.4, 0.5) is 0 Å². The number of nitrogens with zero attached hydrogens (tertiary/aromatic N) is 2. The maximum Gasteiger partial charge on any atom is 0.119 e. The Hall–Kier alpha value is -1.91. The van der Waals surface area contributed by atoms with Gasteiger partial charge in [-0.25, -0.2) is 0 Å². The first-order valence-corrected chi connectivity index (χ1v) is 8.70. The van der Waals surface area contributed by atoms with Gasteiger partial charge in [0, 0.05) is 30.9 Å². The van der Waals surface area contributed by atoms with Gasteiger partial charge in [-0.15, -0.1) is 0 Å².